The van der Waals surface area contributed by atoms with Crippen LogP contribution in [0.1, 0.15) is 26.7 Å². The molecule has 0 aromatic heterocycles. The van der Waals surface area contributed by atoms with Crippen LogP contribution in [-0.4, -0.2) is 43.8 Å². The molecule has 0 spiro atoms. The number of amides is 2. The Morgan fingerprint density at radius 1 is 1.16 bits per heavy atom. The number of hydrogen-bond acceptors (Lipinski definition) is 3. The third-order valence-corrected chi connectivity index (χ3v) is 1.99. The van der Waals surface area contributed by atoms with Crippen molar-refractivity contribution in [2.24, 2.45) is 0 Å². The Labute approximate surface area is 109 Å². The maximum absolute atomic E-state index is 11.8. The third kappa shape index (κ3) is 10.3. The highest BCUT2D eigenvalue weighted by Gasteiger charge is 2.38. The van der Waals surface area contributed by atoms with E-state index in [0.717, 1.165) is 0 Å². The van der Waals surface area contributed by atoms with Gasteiger partial charge in [-0.1, -0.05) is 0 Å². The van der Waals surface area contributed by atoms with Gasteiger partial charge in [0.05, 0.1) is 6.10 Å². The van der Waals surface area contributed by atoms with Gasteiger partial charge < -0.3 is 15.4 Å². The zero-order chi connectivity index (χ0) is 14.9. The fourth-order valence-electron chi connectivity index (χ4n) is 1.10. The van der Waals surface area contributed by atoms with Gasteiger partial charge in [-0.2, -0.15) is 13.2 Å². The van der Waals surface area contributed by atoms with Crippen molar-refractivity contribution in [1.29, 1.82) is 0 Å². The number of alkyl halides is 3. The number of halogens is 3. The van der Waals surface area contributed by atoms with Crippen molar-refractivity contribution in [2.75, 3.05) is 19.7 Å². The van der Waals surface area contributed by atoms with Crippen LogP contribution in [0.5, 0.6) is 0 Å². The Bertz CT molecular complexity index is 293. The van der Waals surface area contributed by atoms with Crippen molar-refractivity contribution >= 4 is 11.8 Å². The van der Waals surface area contributed by atoms with Gasteiger partial charge in [-0.05, 0) is 20.3 Å². The van der Waals surface area contributed by atoms with Crippen LogP contribution >= 0.6 is 0 Å². The first kappa shape index (κ1) is 17.7. The molecule has 0 aliphatic carbocycles. The number of ether oxygens (including phenoxy) is 1. The zero-order valence-electron chi connectivity index (χ0n) is 11.0. The lowest BCUT2D eigenvalue weighted by Gasteiger charge is -2.09. The summed E-state index contributed by atoms with van der Waals surface area (Å²) in [5.74, 6) is -2.45. The van der Waals surface area contributed by atoms with Gasteiger partial charge in [0.2, 0.25) is 5.91 Å². The largest absolute Gasteiger partial charge is 0.471 e. The molecule has 0 aromatic rings. The van der Waals surface area contributed by atoms with Crippen molar-refractivity contribution in [3.8, 4) is 0 Å². The van der Waals surface area contributed by atoms with E-state index in [1.54, 1.807) is 5.32 Å². The first-order valence-corrected chi connectivity index (χ1v) is 5.96. The molecule has 2 N–H and O–H groups in total. The zero-order valence-corrected chi connectivity index (χ0v) is 11.0. The molecular formula is C11H19F3N2O3. The average molecular weight is 284 g/mol. The summed E-state index contributed by atoms with van der Waals surface area (Å²) in [4.78, 5) is 21.6. The summed E-state index contributed by atoms with van der Waals surface area (Å²) in [5.41, 5.74) is 0. The maximum Gasteiger partial charge on any atom is 0.471 e. The molecule has 0 aliphatic heterocycles. The normalized spacial score (nSPS) is 11.5. The molecular weight excluding hydrogens is 265 g/mol. The van der Waals surface area contributed by atoms with E-state index in [-0.39, 0.29) is 19.1 Å². The van der Waals surface area contributed by atoms with Crippen molar-refractivity contribution < 1.29 is 27.5 Å². The standard InChI is InChI=1S/C11H19F3N2O3/c1-8(2)19-7-3-5-15-9(17)4-6-16-10(18)11(12,13)14/h8H,3-7H2,1-2H3,(H,15,17)(H,16,18). The fraction of sp³-hybridized carbons (Fsp3) is 0.818. The van der Waals surface area contributed by atoms with E-state index in [1.165, 1.54) is 0 Å². The summed E-state index contributed by atoms with van der Waals surface area (Å²) in [6, 6.07) is 0. The van der Waals surface area contributed by atoms with E-state index >= 15 is 0 Å². The molecule has 8 heteroatoms. The van der Waals surface area contributed by atoms with Crippen LogP contribution < -0.4 is 10.6 Å². The van der Waals surface area contributed by atoms with E-state index < -0.39 is 18.0 Å². The molecule has 0 heterocycles. The molecule has 0 radical (unpaired) electrons. The minimum atomic E-state index is -4.91. The van der Waals surface area contributed by atoms with Crippen molar-refractivity contribution in [2.45, 2.75) is 39.0 Å². The molecule has 5 nitrogen and oxygen atoms in total. The van der Waals surface area contributed by atoms with Crippen molar-refractivity contribution in [3.05, 3.63) is 0 Å². The molecule has 19 heavy (non-hydrogen) atoms. The van der Waals surface area contributed by atoms with Gasteiger partial charge in [-0.25, -0.2) is 0 Å². The monoisotopic (exact) mass is 284 g/mol. The van der Waals surface area contributed by atoms with Crippen LogP contribution in [0.3, 0.4) is 0 Å². The minimum Gasteiger partial charge on any atom is -0.379 e. The third-order valence-electron chi connectivity index (χ3n) is 1.99. The summed E-state index contributed by atoms with van der Waals surface area (Å²) < 4.78 is 40.6. The molecule has 0 aliphatic rings. The molecule has 2 amide bonds. The van der Waals surface area contributed by atoms with Gasteiger partial charge >= 0.3 is 12.1 Å². The van der Waals surface area contributed by atoms with Gasteiger partial charge in [0.1, 0.15) is 0 Å². The predicted octanol–water partition coefficient (Wildman–Crippen LogP) is 0.986. The first-order valence-electron chi connectivity index (χ1n) is 5.96. The fourth-order valence-corrected chi connectivity index (χ4v) is 1.10. The Kier molecular flexibility index (Phi) is 8.13. The summed E-state index contributed by atoms with van der Waals surface area (Å²) >= 11 is 0. The predicted molar refractivity (Wildman–Crippen MR) is 62.4 cm³/mol. The van der Waals surface area contributed by atoms with Gasteiger partial charge in [0.15, 0.2) is 0 Å². The summed E-state index contributed by atoms with van der Waals surface area (Å²) in [5, 5.41) is 4.14. The second kappa shape index (κ2) is 8.73. The molecule has 0 saturated heterocycles. The van der Waals surface area contributed by atoms with Gasteiger partial charge in [0, 0.05) is 26.1 Å². The highest BCUT2D eigenvalue weighted by atomic mass is 19.4. The number of hydrogen-bond donors (Lipinski definition) is 2. The van der Waals surface area contributed by atoms with E-state index in [0.29, 0.717) is 19.6 Å². The Hall–Kier alpha value is -1.31. The summed E-state index contributed by atoms with van der Waals surface area (Å²) in [6.45, 7) is 4.33. The summed E-state index contributed by atoms with van der Waals surface area (Å²) in [7, 11) is 0. The van der Waals surface area contributed by atoms with Crippen LogP contribution in [0.2, 0.25) is 0 Å². The molecule has 0 unspecified atom stereocenters. The van der Waals surface area contributed by atoms with Crippen molar-refractivity contribution in [3.63, 3.8) is 0 Å². The SMILES string of the molecule is CC(C)OCCCNC(=O)CCNC(=O)C(F)(F)F. The molecule has 112 valence electrons. The number of carbonyl (C=O) groups is 2. The Morgan fingerprint density at radius 3 is 2.32 bits per heavy atom. The van der Waals surface area contributed by atoms with Gasteiger partial charge in [0.25, 0.3) is 0 Å². The number of rotatable bonds is 8. The van der Waals surface area contributed by atoms with E-state index in [9.17, 15) is 22.8 Å². The van der Waals surface area contributed by atoms with Crippen molar-refractivity contribution in [1.82, 2.24) is 10.6 Å². The van der Waals surface area contributed by atoms with Gasteiger partial charge in [-0.15, -0.1) is 0 Å². The van der Waals surface area contributed by atoms with E-state index in [2.05, 4.69) is 5.32 Å². The topological polar surface area (TPSA) is 67.4 Å². The lowest BCUT2D eigenvalue weighted by atomic mass is 10.3. The lowest BCUT2D eigenvalue weighted by molar-refractivity contribution is -0.173. The number of carbonyl (C=O) groups excluding carboxylic acids is 2. The molecule has 0 bridgehead atoms. The minimum absolute atomic E-state index is 0.119. The second-order valence-corrected chi connectivity index (χ2v) is 4.13. The van der Waals surface area contributed by atoms with Gasteiger partial charge in [-0.3, -0.25) is 9.59 Å². The van der Waals surface area contributed by atoms with E-state index in [4.69, 9.17) is 4.74 Å². The average Bonchev–Trinajstić information content (AvgIpc) is 2.26. The smallest absolute Gasteiger partial charge is 0.379 e. The van der Waals surface area contributed by atoms with Crippen LogP contribution in [0.15, 0.2) is 0 Å². The van der Waals surface area contributed by atoms with E-state index in [1.807, 2.05) is 13.8 Å². The second-order valence-electron chi connectivity index (χ2n) is 4.13. The molecule has 0 fully saturated rings. The molecule has 0 saturated carbocycles. The van der Waals surface area contributed by atoms with Crippen LogP contribution in [0.4, 0.5) is 13.2 Å². The molecule has 0 rings (SSSR count). The highest BCUT2D eigenvalue weighted by Crippen LogP contribution is 2.13. The highest BCUT2D eigenvalue weighted by molar-refractivity contribution is 5.82. The summed E-state index contributed by atoms with van der Waals surface area (Å²) in [6.07, 6.45) is -4.36. The first-order chi connectivity index (χ1) is 8.73. The Balaban J connectivity index is 3.53. The Morgan fingerprint density at radius 2 is 1.79 bits per heavy atom. The quantitative estimate of drug-likeness (QED) is 0.653. The van der Waals surface area contributed by atoms with Crippen LogP contribution in [-0.2, 0) is 14.3 Å². The maximum atomic E-state index is 11.8. The lowest BCUT2D eigenvalue weighted by Crippen LogP contribution is -2.39. The molecule has 0 atom stereocenters. The van der Waals surface area contributed by atoms with Crippen LogP contribution in [0.25, 0.3) is 0 Å². The molecule has 0 aromatic carbocycles. The van der Waals surface area contributed by atoms with Crippen LogP contribution in [0, 0.1) is 0 Å². The number of nitrogens with one attached hydrogen (secondary N) is 2.